The van der Waals surface area contributed by atoms with Gasteiger partial charge >= 0.3 is 5.97 Å². The number of methoxy groups -OCH3 is 1. The van der Waals surface area contributed by atoms with Crippen molar-refractivity contribution in [2.45, 2.75) is 0 Å². The molecule has 0 unspecified atom stereocenters. The number of fused-ring (bicyclic) bond motifs is 1. The summed E-state index contributed by atoms with van der Waals surface area (Å²) in [4.78, 5) is 13.8. The second-order valence-electron chi connectivity index (χ2n) is 6.64. The number of aromatic carboxylic acids is 1. The van der Waals surface area contributed by atoms with Gasteiger partial charge in [-0.3, -0.25) is 0 Å². The predicted molar refractivity (Wildman–Crippen MR) is 117 cm³/mol. The van der Waals surface area contributed by atoms with Crippen LogP contribution in [-0.2, 0) is 28.4 Å². The van der Waals surface area contributed by atoms with Gasteiger partial charge in [0.05, 0.1) is 72.7 Å². The zero-order valence-corrected chi connectivity index (χ0v) is 18.5. The van der Waals surface area contributed by atoms with Gasteiger partial charge in [-0.25, -0.2) is 4.79 Å². The van der Waals surface area contributed by atoms with Gasteiger partial charge in [-0.2, -0.15) is 0 Å². The van der Waals surface area contributed by atoms with E-state index in [0.29, 0.717) is 85.0 Å². The van der Waals surface area contributed by atoms with Crippen LogP contribution in [0.25, 0.3) is 10.9 Å². The number of H-pyrrole nitrogens is 1. The van der Waals surface area contributed by atoms with Crippen molar-refractivity contribution >= 4 is 16.9 Å². The van der Waals surface area contributed by atoms with E-state index in [1.807, 2.05) is 0 Å². The molecule has 180 valence electrons. The first kappa shape index (κ1) is 26.0. The normalized spacial score (nSPS) is 11.3. The highest BCUT2D eigenvalue weighted by molar-refractivity contribution is 5.94. The number of ether oxygens (including phenoxy) is 7. The molecule has 10 heteroatoms. The lowest BCUT2D eigenvalue weighted by Crippen LogP contribution is -2.14. The Labute approximate surface area is 187 Å². The van der Waals surface area contributed by atoms with Crippen molar-refractivity contribution < 1.29 is 43.1 Å². The van der Waals surface area contributed by atoms with Crippen LogP contribution in [0.2, 0.25) is 0 Å². The van der Waals surface area contributed by atoms with E-state index in [1.165, 1.54) is 0 Å². The molecule has 0 fully saturated rings. The Morgan fingerprint density at radius 3 is 1.75 bits per heavy atom. The van der Waals surface area contributed by atoms with Crippen molar-refractivity contribution in [2.24, 2.45) is 0 Å². The van der Waals surface area contributed by atoms with Crippen LogP contribution in [0.1, 0.15) is 10.5 Å². The maximum absolute atomic E-state index is 11.0. The Balaban J connectivity index is 1.36. The fourth-order valence-electron chi connectivity index (χ4n) is 2.66. The van der Waals surface area contributed by atoms with Crippen LogP contribution in [0.3, 0.4) is 0 Å². The number of carboxylic acid groups (broad SMARTS) is 1. The number of carboxylic acids is 1. The minimum atomic E-state index is -0.990. The first-order valence-electron chi connectivity index (χ1n) is 10.6. The molecular formula is C22H33NO9. The number of hydrogen-bond donors (Lipinski definition) is 2. The highest BCUT2D eigenvalue weighted by Crippen LogP contribution is 2.21. The van der Waals surface area contributed by atoms with Crippen LogP contribution in [0.15, 0.2) is 24.3 Å². The molecule has 0 saturated carbocycles. The number of nitrogens with one attached hydrogen (secondary N) is 1. The molecule has 0 aliphatic heterocycles. The zero-order valence-electron chi connectivity index (χ0n) is 18.5. The lowest BCUT2D eigenvalue weighted by molar-refractivity contribution is -0.0159. The van der Waals surface area contributed by atoms with E-state index in [1.54, 1.807) is 31.4 Å². The van der Waals surface area contributed by atoms with Crippen molar-refractivity contribution in [1.29, 1.82) is 0 Å². The highest BCUT2D eigenvalue weighted by Gasteiger charge is 2.08. The molecule has 1 aromatic carbocycles. The number of rotatable bonds is 20. The average molecular weight is 456 g/mol. The second kappa shape index (κ2) is 16.4. The van der Waals surface area contributed by atoms with Gasteiger partial charge in [0.2, 0.25) is 0 Å². The van der Waals surface area contributed by atoms with E-state index < -0.39 is 5.97 Å². The van der Waals surface area contributed by atoms with E-state index in [0.717, 1.165) is 10.9 Å². The van der Waals surface area contributed by atoms with Gasteiger partial charge in [0, 0.05) is 18.0 Å². The quantitative estimate of drug-likeness (QED) is 0.289. The Morgan fingerprint density at radius 1 is 0.750 bits per heavy atom. The summed E-state index contributed by atoms with van der Waals surface area (Å²) in [5.74, 6) is -0.330. The van der Waals surface area contributed by atoms with Gasteiger partial charge in [-0.15, -0.1) is 0 Å². The van der Waals surface area contributed by atoms with Crippen LogP contribution < -0.4 is 4.74 Å². The van der Waals surface area contributed by atoms with E-state index >= 15 is 0 Å². The molecular weight excluding hydrogens is 422 g/mol. The summed E-state index contributed by atoms with van der Waals surface area (Å²) >= 11 is 0. The fourth-order valence-corrected chi connectivity index (χ4v) is 2.66. The van der Waals surface area contributed by atoms with Crippen LogP contribution in [0.4, 0.5) is 0 Å². The molecule has 0 spiro atoms. The molecule has 32 heavy (non-hydrogen) atoms. The van der Waals surface area contributed by atoms with Crippen molar-refractivity contribution in [2.75, 3.05) is 86.4 Å². The summed E-state index contributed by atoms with van der Waals surface area (Å²) in [5, 5.41) is 9.81. The number of carbonyl (C=O) groups is 1. The minimum Gasteiger partial charge on any atom is -0.491 e. The third-order valence-electron chi connectivity index (χ3n) is 4.24. The maximum atomic E-state index is 11.0. The lowest BCUT2D eigenvalue weighted by atomic mass is 10.2. The van der Waals surface area contributed by atoms with Gasteiger partial charge in [-0.1, -0.05) is 0 Å². The topological polar surface area (TPSA) is 118 Å². The van der Waals surface area contributed by atoms with Gasteiger partial charge in [0.1, 0.15) is 18.1 Å². The summed E-state index contributed by atoms with van der Waals surface area (Å²) in [6, 6.07) is 6.95. The Kier molecular flexibility index (Phi) is 13.4. The number of benzene rings is 1. The minimum absolute atomic E-state index is 0.152. The van der Waals surface area contributed by atoms with Crippen molar-refractivity contribution in [3.8, 4) is 5.75 Å². The third kappa shape index (κ3) is 10.9. The Morgan fingerprint density at radius 2 is 1.25 bits per heavy atom. The Hall–Kier alpha value is -2.21. The molecule has 0 radical (unpaired) electrons. The predicted octanol–water partition coefficient (Wildman–Crippen LogP) is 1.97. The third-order valence-corrected chi connectivity index (χ3v) is 4.24. The zero-order chi connectivity index (χ0) is 22.9. The SMILES string of the molecule is COCCOCCOCCOCCOCCOCCOc1ccc2[nH]c(C(=O)O)cc2c1. The number of aromatic amines is 1. The molecule has 2 N–H and O–H groups in total. The van der Waals surface area contributed by atoms with E-state index in [2.05, 4.69) is 4.98 Å². The average Bonchev–Trinajstić information content (AvgIpc) is 3.22. The van der Waals surface area contributed by atoms with E-state index in [9.17, 15) is 4.79 Å². The maximum Gasteiger partial charge on any atom is 0.352 e. The molecule has 0 amide bonds. The molecule has 2 rings (SSSR count). The van der Waals surface area contributed by atoms with Crippen molar-refractivity contribution in [3.63, 3.8) is 0 Å². The standard InChI is InChI=1S/C22H33NO9/c1-26-4-5-27-6-7-28-8-9-29-10-11-30-12-13-31-14-15-32-19-2-3-20-18(16-19)17-21(23-20)22(24)25/h2-3,16-17,23H,4-15H2,1H3,(H,24,25). The van der Waals surface area contributed by atoms with Crippen LogP contribution >= 0.6 is 0 Å². The second-order valence-corrected chi connectivity index (χ2v) is 6.64. The summed E-state index contributed by atoms with van der Waals surface area (Å²) in [6.07, 6.45) is 0. The molecule has 0 atom stereocenters. The largest absolute Gasteiger partial charge is 0.491 e. The number of aromatic nitrogens is 1. The number of hydrogen-bond acceptors (Lipinski definition) is 8. The van der Waals surface area contributed by atoms with E-state index in [4.69, 9.17) is 38.3 Å². The fraction of sp³-hybridized carbons (Fsp3) is 0.591. The monoisotopic (exact) mass is 455 g/mol. The van der Waals surface area contributed by atoms with Crippen molar-refractivity contribution in [3.05, 3.63) is 30.0 Å². The molecule has 1 aromatic heterocycles. The van der Waals surface area contributed by atoms with E-state index in [-0.39, 0.29) is 5.69 Å². The highest BCUT2D eigenvalue weighted by atomic mass is 16.6. The molecule has 10 nitrogen and oxygen atoms in total. The van der Waals surface area contributed by atoms with Crippen LogP contribution in [0, 0.1) is 0 Å². The smallest absolute Gasteiger partial charge is 0.352 e. The first-order chi connectivity index (χ1) is 15.7. The molecule has 0 saturated heterocycles. The van der Waals surface area contributed by atoms with Crippen LogP contribution in [0.5, 0.6) is 5.75 Å². The van der Waals surface area contributed by atoms with Crippen LogP contribution in [-0.4, -0.2) is 102 Å². The lowest BCUT2D eigenvalue weighted by Gasteiger charge is -2.09. The summed E-state index contributed by atoms with van der Waals surface area (Å²) in [6.45, 7) is 6.05. The molecule has 0 aliphatic rings. The molecule has 0 bridgehead atoms. The van der Waals surface area contributed by atoms with Gasteiger partial charge in [0.25, 0.3) is 0 Å². The summed E-state index contributed by atoms with van der Waals surface area (Å²) < 4.78 is 37.5. The summed E-state index contributed by atoms with van der Waals surface area (Å²) in [5.41, 5.74) is 0.904. The summed E-state index contributed by atoms with van der Waals surface area (Å²) in [7, 11) is 1.64. The van der Waals surface area contributed by atoms with Gasteiger partial charge in [-0.05, 0) is 24.3 Å². The van der Waals surface area contributed by atoms with Gasteiger partial charge in [0.15, 0.2) is 0 Å². The first-order valence-corrected chi connectivity index (χ1v) is 10.6. The molecule has 0 aliphatic carbocycles. The molecule has 2 aromatic rings. The Bertz CT molecular complexity index is 765. The van der Waals surface area contributed by atoms with Crippen molar-refractivity contribution in [1.82, 2.24) is 4.98 Å². The molecule has 1 heterocycles. The van der Waals surface area contributed by atoms with Gasteiger partial charge < -0.3 is 43.2 Å².